The third-order valence-electron chi connectivity index (χ3n) is 2.22. The molecule has 2 aromatic rings. The fourth-order valence-electron chi connectivity index (χ4n) is 1.37. The standard InChI is InChI=1S/C11H10BrNO2S2/c1-13-10-6-7-11(16-10)17(14,15)9-5-3-2-4-8(9)12/h2-7,13H,1H3. The van der Waals surface area contributed by atoms with Gasteiger partial charge in [0, 0.05) is 11.5 Å². The lowest BCUT2D eigenvalue weighted by Gasteiger charge is -2.03. The molecule has 2 rings (SSSR count). The van der Waals surface area contributed by atoms with Crippen molar-refractivity contribution in [2.24, 2.45) is 0 Å². The second-order valence-corrected chi connectivity index (χ2v) is 7.39. The number of nitrogens with one attached hydrogen (secondary N) is 1. The molecule has 3 nitrogen and oxygen atoms in total. The van der Waals surface area contributed by atoms with Crippen LogP contribution in [0.5, 0.6) is 0 Å². The average molecular weight is 332 g/mol. The third-order valence-corrected chi connectivity index (χ3v) is 6.58. The average Bonchev–Trinajstić information content (AvgIpc) is 2.78. The molecule has 0 amide bonds. The number of benzene rings is 1. The van der Waals surface area contributed by atoms with Crippen LogP contribution in [0.4, 0.5) is 5.00 Å². The Bertz CT molecular complexity index is 634. The maximum absolute atomic E-state index is 12.3. The molecule has 0 fully saturated rings. The van der Waals surface area contributed by atoms with E-state index in [4.69, 9.17) is 0 Å². The van der Waals surface area contributed by atoms with Crippen LogP contribution in [0.2, 0.25) is 0 Å². The molecule has 0 atom stereocenters. The van der Waals surface area contributed by atoms with Gasteiger partial charge in [-0.15, -0.1) is 11.3 Å². The largest absolute Gasteiger partial charge is 0.380 e. The molecule has 0 unspecified atom stereocenters. The summed E-state index contributed by atoms with van der Waals surface area (Å²) in [6.45, 7) is 0. The summed E-state index contributed by atoms with van der Waals surface area (Å²) in [4.78, 5) is 0.296. The summed E-state index contributed by atoms with van der Waals surface area (Å²) < 4.78 is 25.6. The SMILES string of the molecule is CNc1ccc(S(=O)(=O)c2ccccc2Br)s1. The summed E-state index contributed by atoms with van der Waals surface area (Å²) in [5.41, 5.74) is 0. The zero-order valence-corrected chi connectivity index (χ0v) is 12.2. The fourth-order valence-corrected chi connectivity index (χ4v) is 4.91. The van der Waals surface area contributed by atoms with Crippen LogP contribution in [-0.4, -0.2) is 15.5 Å². The second kappa shape index (κ2) is 4.80. The van der Waals surface area contributed by atoms with Gasteiger partial charge in [-0.2, -0.15) is 0 Å². The molecule has 0 spiro atoms. The van der Waals surface area contributed by atoms with Crippen molar-refractivity contribution in [2.45, 2.75) is 9.10 Å². The van der Waals surface area contributed by atoms with E-state index in [1.165, 1.54) is 11.3 Å². The molecule has 0 radical (unpaired) electrons. The first-order valence-electron chi connectivity index (χ1n) is 4.83. The maximum Gasteiger partial charge on any atom is 0.217 e. The maximum atomic E-state index is 12.3. The van der Waals surface area contributed by atoms with Gasteiger partial charge in [-0.1, -0.05) is 12.1 Å². The number of anilines is 1. The molecule has 1 aromatic heterocycles. The van der Waals surface area contributed by atoms with Crippen LogP contribution in [0.15, 0.2) is 50.0 Å². The molecule has 0 aliphatic rings. The summed E-state index contributed by atoms with van der Waals surface area (Å²) in [5.74, 6) is 0. The van der Waals surface area contributed by atoms with Gasteiger partial charge in [-0.05, 0) is 40.2 Å². The van der Waals surface area contributed by atoms with E-state index in [2.05, 4.69) is 21.2 Å². The van der Waals surface area contributed by atoms with E-state index >= 15 is 0 Å². The second-order valence-electron chi connectivity index (χ2n) is 3.30. The highest BCUT2D eigenvalue weighted by Gasteiger charge is 2.21. The van der Waals surface area contributed by atoms with Crippen molar-refractivity contribution in [3.63, 3.8) is 0 Å². The van der Waals surface area contributed by atoms with Gasteiger partial charge >= 0.3 is 0 Å². The molecular weight excluding hydrogens is 322 g/mol. The van der Waals surface area contributed by atoms with Crippen LogP contribution in [0.3, 0.4) is 0 Å². The van der Waals surface area contributed by atoms with Crippen LogP contribution in [0.25, 0.3) is 0 Å². The molecule has 0 saturated carbocycles. The smallest absolute Gasteiger partial charge is 0.217 e. The summed E-state index contributed by atoms with van der Waals surface area (Å²) >= 11 is 4.49. The molecule has 0 aliphatic carbocycles. The van der Waals surface area contributed by atoms with Gasteiger partial charge in [-0.3, -0.25) is 0 Å². The Labute approximate surface area is 113 Å². The Hall–Kier alpha value is -0.850. The van der Waals surface area contributed by atoms with Crippen LogP contribution in [0, 0.1) is 0 Å². The zero-order valence-electron chi connectivity index (χ0n) is 8.98. The van der Waals surface area contributed by atoms with Gasteiger partial charge in [0.1, 0.15) is 4.21 Å². The van der Waals surface area contributed by atoms with Crippen LogP contribution in [0.1, 0.15) is 0 Å². The number of sulfone groups is 1. The predicted octanol–water partition coefficient (Wildman–Crippen LogP) is 3.39. The minimum atomic E-state index is -3.43. The monoisotopic (exact) mass is 331 g/mol. The third kappa shape index (κ3) is 2.38. The van der Waals surface area contributed by atoms with Crippen molar-refractivity contribution in [2.75, 3.05) is 12.4 Å². The molecule has 1 heterocycles. The quantitative estimate of drug-likeness (QED) is 0.937. The summed E-state index contributed by atoms with van der Waals surface area (Å²) in [7, 11) is -1.66. The lowest BCUT2D eigenvalue weighted by molar-refractivity contribution is 0.597. The van der Waals surface area contributed by atoms with Crippen molar-refractivity contribution in [3.8, 4) is 0 Å². The molecule has 90 valence electrons. The van der Waals surface area contributed by atoms with Gasteiger partial charge < -0.3 is 5.32 Å². The predicted molar refractivity (Wildman–Crippen MR) is 73.5 cm³/mol. The van der Waals surface area contributed by atoms with Crippen molar-refractivity contribution in [3.05, 3.63) is 40.9 Å². The van der Waals surface area contributed by atoms with E-state index in [0.29, 0.717) is 13.6 Å². The van der Waals surface area contributed by atoms with Crippen LogP contribution < -0.4 is 5.32 Å². The normalized spacial score (nSPS) is 11.4. The van der Waals surface area contributed by atoms with Crippen molar-refractivity contribution >= 4 is 42.1 Å². The topological polar surface area (TPSA) is 46.2 Å². The van der Waals surface area contributed by atoms with Crippen molar-refractivity contribution in [1.82, 2.24) is 0 Å². The molecule has 0 bridgehead atoms. The van der Waals surface area contributed by atoms with Crippen LogP contribution in [-0.2, 0) is 9.84 Å². The van der Waals surface area contributed by atoms with Crippen molar-refractivity contribution in [1.29, 1.82) is 0 Å². The molecule has 6 heteroatoms. The minimum Gasteiger partial charge on any atom is -0.380 e. The Morgan fingerprint density at radius 3 is 2.47 bits per heavy atom. The van der Waals surface area contributed by atoms with E-state index < -0.39 is 9.84 Å². The molecule has 1 aromatic carbocycles. The van der Waals surface area contributed by atoms with Gasteiger partial charge in [0.25, 0.3) is 0 Å². The Balaban J connectivity index is 2.54. The van der Waals surface area contributed by atoms with Crippen molar-refractivity contribution < 1.29 is 8.42 Å². The lowest BCUT2D eigenvalue weighted by Crippen LogP contribution is -2.00. The van der Waals surface area contributed by atoms with Gasteiger partial charge in [0.2, 0.25) is 9.84 Å². The van der Waals surface area contributed by atoms with Gasteiger partial charge in [0.15, 0.2) is 0 Å². The highest BCUT2D eigenvalue weighted by Crippen LogP contribution is 2.33. The van der Waals surface area contributed by atoms with Gasteiger partial charge in [-0.25, -0.2) is 8.42 Å². The summed E-state index contributed by atoms with van der Waals surface area (Å²) in [6, 6.07) is 10.2. The zero-order chi connectivity index (χ0) is 12.5. The Kier molecular flexibility index (Phi) is 3.56. The fraction of sp³-hybridized carbons (Fsp3) is 0.0909. The molecule has 17 heavy (non-hydrogen) atoms. The highest BCUT2D eigenvalue weighted by atomic mass is 79.9. The first kappa shape index (κ1) is 12.6. The van der Waals surface area contributed by atoms with Crippen LogP contribution >= 0.6 is 27.3 Å². The number of hydrogen-bond acceptors (Lipinski definition) is 4. The number of rotatable bonds is 3. The van der Waals surface area contributed by atoms with E-state index in [1.807, 2.05) is 0 Å². The van der Waals surface area contributed by atoms with E-state index in [0.717, 1.165) is 5.00 Å². The highest BCUT2D eigenvalue weighted by molar-refractivity contribution is 9.10. The minimum absolute atomic E-state index is 0.296. The lowest BCUT2D eigenvalue weighted by atomic mass is 10.4. The number of halogens is 1. The number of hydrogen-bond donors (Lipinski definition) is 1. The summed E-state index contributed by atoms with van der Waals surface area (Å²) in [5, 5.41) is 3.76. The molecule has 0 saturated heterocycles. The molecule has 0 aliphatic heterocycles. The molecular formula is C11H10BrNO2S2. The first-order valence-corrected chi connectivity index (χ1v) is 7.92. The Morgan fingerprint density at radius 2 is 1.88 bits per heavy atom. The molecule has 1 N–H and O–H groups in total. The Morgan fingerprint density at radius 1 is 1.18 bits per heavy atom. The van der Waals surface area contributed by atoms with E-state index in [-0.39, 0.29) is 0 Å². The van der Waals surface area contributed by atoms with E-state index in [9.17, 15) is 8.42 Å². The summed E-state index contributed by atoms with van der Waals surface area (Å²) in [6.07, 6.45) is 0. The number of thiophene rings is 1. The van der Waals surface area contributed by atoms with Gasteiger partial charge in [0.05, 0.1) is 9.90 Å². The first-order chi connectivity index (χ1) is 8.05. The van der Waals surface area contributed by atoms with E-state index in [1.54, 1.807) is 43.4 Å².